The van der Waals surface area contributed by atoms with E-state index in [4.69, 9.17) is 10.8 Å². The molecule has 1 atom stereocenters. The third-order valence-electron chi connectivity index (χ3n) is 2.46. The predicted octanol–water partition coefficient (Wildman–Crippen LogP) is 1.43. The topological polar surface area (TPSA) is 122 Å². The second-order valence-corrected chi connectivity index (χ2v) is 4.97. The quantitative estimate of drug-likeness (QED) is 0.612. The van der Waals surface area contributed by atoms with Gasteiger partial charge in [0.05, 0.1) is 5.69 Å². The summed E-state index contributed by atoms with van der Waals surface area (Å²) in [5, 5.41) is 13.4. The summed E-state index contributed by atoms with van der Waals surface area (Å²) < 4.78 is 13.5. The molecule has 0 aliphatic rings. The number of nitrogens with two attached hydrogens (primary N) is 1. The highest BCUT2D eigenvalue weighted by molar-refractivity contribution is 9.10. The van der Waals surface area contributed by atoms with Crippen LogP contribution >= 0.6 is 15.9 Å². The summed E-state index contributed by atoms with van der Waals surface area (Å²) in [6.07, 6.45) is -0.316. The zero-order valence-corrected chi connectivity index (χ0v) is 12.3. The first-order valence-electron chi connectivity index (χ1n) is 5.83. The lowest BCUT2D eigenvalue weighted by atomic mass is 10.1. The molecule has 0 spiro atoms. The number of carbonyl (C=O) groups excluding carboxylic acids is 2. The van der Waals surface area contributed by atoms with E-state index in [9.17, 15) is 18.8 Å². The van der Waals surface area contributed by atoms with E-state index < -0.39 is 29.8 Å². The molecule has 3 amide bonds. The Morgan fingerprint density at radius 2 is 2.05 bits per heavy atom. The smallest absolute Gasteiger partial charge is 0.326 e. The van der Waals surface area contributed by atoms with Crippen molar-refractivity contribution in [3.8, 4) is 0 Å². The maximum absolute atomic E-state index is 13.1. The number of urea groups is 1. The monoisotopic (exact) mass is 361 g/mol. The Hall–Kier alpha value is -2.16. The summed E-state index contributed by atoms with van der Waals surface area (Å²) in [5.74, 6) is -2.53. The molecule has 0 fully saturated rings. The van der Waals surface area contributed by atoms with Gasteiger partial charge in [-0.15, -0.1) is 0 Å². The minimum absolute atomic E-state index is 0.137. The number of hydrogen-bond acceptors (Lipinski definition) is 3. The number of aliphatic carboxylic acids is 1. The van der Waals surface area contributed by atoms with Crippen molar-refractivity contribution in [3.05, 3.63) is 28.5 Å². The SMILES string of the molecule is NC(=O)CC[C@H](NC(=O)Nc1cc(F)ccc1Br)C(=O)O. The minimum atomic E-state index is -1.30. The van der Waals surface area contributed by atoms with Crippen LogP contribution < -0.4 is 16.4 Å². The molecule has 0 aromatic heterocycles. The molecule has 0 unspecified atom stereocenters. The molecule has 1 rings (SSSR count). The molecule has 5 N–H and O–H groups in total. The van der Waals surface area contributed by atoms with E-state index in [1.807, 2.05) is 0 Å². The van der Waals surface area contributed by atoms with E-state index in [1.165, 1.54) is 12.1 Å². The van der Waals surface area contributed by atoms with Gasteiger partial charge in [-0.3, -0.25) is 4.79 Å². The highest BCUT2D eigenvalue weighted by Gasteiger charge is 2.20. The Morgan fingerprint density at radius 3 is 2.62 bits per heavy atom. The fourth-order valence-corrected chi connectivity index (χ4v) is 1.80. The second-order valence-electron chi connectivity index (χ2n) is 4.12. The third kappa shape index (κ3) is 5.78. The molecule has 21 heavy (non-hydrogen) atoms. The van der Waals surface area contributed by atoms with E-state index in [-0.39, 0.29) is 18.5 Å². The Labute approximate surface area is 127 Å². The summed E-state index contributed by atoms with van der Waals surface area (Å²) in [6.45, 7) is 0. The molecule has 0 aliphatic carbocycles. The molecular formula is C12H13BrFN3O4. The van der Waals surface area contributed by atoms with Crippen molar-refractivity contribution < 1.29 is 23.9 Å². The van der Waals surface area contributed by atoms with Crippen molar-refractivity contribution in [3.63, 3.8) is 0 Å². The first-order chi connectivity index (χ1) is 9.79. The van der Waals surface area contributed by atoms with Crippen LogP contribution in [0.3, 0.4) is 0 Å². The fourth-order valence-electron chi connectivity index (χ4n) is 1.45. The van der Waals surface area contributed by atoms with Crippen LogP contribution in [0.1, 0.15) is 12.8 Å². The van der Waals surface area contributed by atoms with Crippen molar-refractivity contribution in [2.75, 3.05) is 5.32 Å². The molecule has 1 aromatic carbocycles. The summed E-state index contributed by atoms with van der Waals surface area (Å²) in [6, 6.07) is 1.55. The number of benzene rings is 1. The maximum atomic E-state index is 13.1. The molecule has 0 aliphatic heterocycles. The molecule has 0 bridgehead atoms. The lowest BCUT2D eigenvalue weighted by Gasteiger charge is -2.15. The van der Waals surface area contributed by atoms with Crippen LogP contribution in [0, 0.1) is 5.82 Å². The van der Waals surface area contributed by atoms with Gasteiger partial charge < -0.3 is 21.5 Å². The molecule has 9 heteroatoms. The van der Waals surface area contributed by atoms with Crippen molar-refractivity contribution in [1.29, 1.82) is 0 Å². The van der Waals surface area contributed by atoms with Crippen molar-refractivity contribution >= 4 is 39.5 Å². The van der Waals surface area contributed by atoms with E-state index in [0.717, 1.165) is 6.07 Å². The number of hydrogen-bond donors (Lipinski definition) is 4. The zero-order chi connectivity index (χ0) is 16.0. The maximum Gasteiger partial charge on any atom is 0.326 e. The van der Waals surface area contributed by atoms with Gasteiger partial charge in [0.2, 0.25) is 5.91 Å². The van der Waals surface area contributed by atoms with Crippen molar-refractivity contribution in [1.82, 2.24) is 5.32 Å². The number of nitrogens with one attached hydrogen (secondary N) is 2. The Balaban J connectivity index is 2.67. The van der Waals surface area contributed by atoms with Gasteiger partial charge in [-0.05, 0) is 40.5 Å². The Morgan fingerprint density at radius 1 is 1.38 bits per heavy atom. The number of carbonyl (C=O) groups is 3. The molecular weight excluding hydrogens is 349 g/mol. The Bertz CT molecular complexity index is 567. The third-order valence-corrected chi connectivity index (χ3v) is 3.15. The molecule has 0 radical (unpaired) electrons. The molecule has 7 nitrogen and oxygen atoms in total. The highest BCUT2D eigenvalue weighted by atomic mass is 79.9. The Kier molecular flexibility index (Phi) is 6.10. The van der Waals surface area contributed by atoms with E-state index in [2.05, 4.69) is 26.6 Å². The van der Waals surface area contributed by atoms with Crippen LogP contribution in [0.2, 0.25) is 0 Å². The molecule has 0 heterocycles. The largest absolute Gasteiger partial charge is 0.480 e. The van der Waals surface area contributed by atoms with Crippen LogP contribution in [-0.2, 0) is 9.59 Å². The van der Waals surface area contributed by atoms with Gasteiger partial charge in [0.15, 0.2) is 0 Å². The number of carboxylic acid groups (broad SMARTS) is 1. The van der Waals surface area contributed by atoms with Crippen LogP contribution in [0.15, 0.2) is 22.7 Å². The van der Waals surface area contributed by atoms with Gasteiger partial charge in [0, 0.05) is 10.9 Å². The van der Waals surface area contributed by atoms with E-state index >= 15 is 0 Å². The van der Waals surface area contributed by atoms with Gasteiger partial charge in [-0.2, -0.15) is 0 Å². The minimum Gasteiger partial charge on any atom is -0.480 e. The number of halogens is 2. The summed E-state index contributed by atoms with van der Waals surface area (Å²) in [5.41, 5.74) is 5.07. The second kappa shape index (κ2) is 7.58. The summed E-state index contributed by atoms with van der Waals surface area (Å²) >= 11 is 3.12. The molecule has 0 saturated heterocycles. The normalized spacial score (nSPS) is 11.5. The number of rotatable bonds is 6. The summed E-state index contributed by atoms with van der Waals surface area (Å²) in [4.78, 5) is 33.3. The summed E-state index contributed by atoms with van der Waals surface area (Å²) in [7, 11) is 0. The van der Waals surface area contributed by atoms with E-state index in [1.54, 1.807) is 0 Å². The van der Waals surface area contributed by atoms with E-state index in [0.29, 0.717) is 4.47 Å². The first kappa shape index (κ1) is 16.9. The fraction of sp³-hybridized carbons (Fsp3) is 0.250. The number of primary amides is 1. The van der Waals surface area contributed by atoms with Gasteiger partial charge >= 0.3 is 12.0 Å². The molecule has 114 valence electrons. The lowest BCUT2D eigenvalue weighted by Crippen LogP contribution is -2.43. The van der Waals surface area contributed by atoms with Gasteiger partial charge in [0.25, 0.3) is 0 Å². The lowest BCUT2D eigenvalue weighted by molar-refractivity contribution is -0.139. The van der Waals surface area contributed by atoms with Crippen molar-refractivity contribution in [2.45, 2.75) is 18.9 Å². The average Bonchev–Trinajstić information content (AvgIpc) is 2.38. The van der Waals surface area contributed by atoms with Crippen LogP contribution in [0.5, 0.6) is 0 Å². The van der Waals surface area contributed by atoms with Crippen LogP contribution in [-0.4, -0.2) is 29.1 Å². The van der Waals surface area contributed by atoms with Crippen LogP contribution in [0.4, 0.5) is 14.9 Å². The van der Waals surface area contributed by atoms with Crippen LogP contribution in [0.25, 0.3) is 0 Å². The van der Waals surface area contributed by atoms with Gasteiger partial charge in [-0.1, -0.05) is 0 Å². The zero-order valence-electron chi connectivity index (χ0n) is 10.7. The van der Waals surface area contributed by atoms with Gasteiger partial charge in [-0.25, -0.2) is 14.0 Å². The van der Waals surface area contributed by atoms with Crippen molar-refractivity contribution in [2.24, 2.45) is 5.73 Å². The average molecular weight is 362 g/mol. The first-order valence-corrected chi connectivity index (χ1v) is 6.62. The number of carboxylic acids is 1. The highest BCUT2D eigenvalue weighted by Crippen LogP contribution is 2.22. The molecule has 1 aromatic rings. The predicted molar refractivity (Wildman–Crippen MR) is 76.1 cm³/mol. The molecule has 0 saturated carbocycles. The standard InChI is InChI=1S/C12H13BrFN3O4/c13-7-2-1-6(14)5-9(7)17-12(21)16-8(11(19)20)3-4-10(15)18/h1-2,5,8H,3-4H2,(H2,15,18)(H,19,20)(H2,16,17,21)/t8-/m0/s1. The number of amides is 3. The number of anilines is 1. The van der Waals surface area contributed by atoms with Gasteiger partial charge in [0.1, 0.15) is 11.9 Å².